The van der Waals surface area contributed by atoms with Gasteiger partial charge in [0.05, 0.1) is 12.1 Å². The molecule has 2 aromatic rings. The highest BCUT2D eigenvalue weighted by Gasteiger charge is 2.18. The average molecular weight is 304 g/mol. The monoisotopic (exact) mass is 303 g/mol. The maximum atomic E-state index is 5.97. The quantitative estimate of drug-likeness (QED) is 0.781. The van der Waals surface area contributed by atoms with Crippen molar-refractivity contribution >= 4 is 41.7 Å². The zero-order valence-electron chi connectivity index (χ0n) is 11.1. The molecular formula is C12H19Cl2N5. The van der Waals surface area contributed by atoms with Gasteiger partial charge in [0.2, 0.25) is 0 Å². The molecule has 0 atom stereocenters. The van der Waals surface area contributed by atoms with Crippen LogP contribution in [0.3, 0.4) is 0 Å². The summed E-state index contributed by atoms with van der Waals surface area (Å²) in [7, 11) is 0. The first-order valence-corrected chi connectivity index (χ1v) is 6.01. The molecule has 0 bridgehead atoms. The molecule has 19 heavy (non-hydrogen) atoms. The molecule has 3 N–H and O–H groups in total. The van der Waals surface area contributed by atoms with Crippen molar-refractivity contribution in [2.45, 2.75) is 33.4 Å². The van der Waals surface area contributed by atoms with Crippen molar-refractivity contribution in [2.24, 2.45) is 0 Å². The number of nitrogens with two attached hydrogens (primary N) is 1. The van der Waals surface area contributed by atoms with Crippen LogP contribution in [0.1, 0.15) is 23.5 Å². The number of anilines is 1. The van der Waals surface area contributed by atoms with Crippen molar-refractivity contribution in [3.63, 3.8) is 0 Å². The lowest BCUT2D eigenvalue weighted by Gasteiger charge is -2.08. The van der Waals surface area contributed by atoms with E-state index in [1.165, 1.54) is 5.56 Å². The highest BCUT2D eigenvalue weighted by Crippen LogP contribution is 2.26. The molecule has 3 rings (SSSR count). The maximum absolute atomic E-state index is 5.97. The van der Waals surface area contributed by atoms with E-state index in [2.05, 4.69) is 26.8 Å². The Morgan fingerprint density at radius 2 is 1.95 bits per heavy atom. The van der Waals surface area contributed by atoms with Crippen LogP contribution >= 0.6 is 24.8 Å². The fourth-order valence-electron chi connectivity index (χ4n) is 2.48. The number of imidazole rings is 1. The zero-order valence-corrected chi connectivity index (χ0v) is 12.7. The standard InChI is InChI=1S/C12H17N5.2ClH/c1-7-8(2)15-12(13)10-11(7)17-5-3-4-14-6-9(17)16-10;;/h14H,3-6H2,1-2H3,(H2,13,15);2*1H. The van der Waals surface area contributed by atoms with Crippen LogP contribution in [-0.4, -0.2) is 21.1 Å². The van der Waals surface area contributed by atoms with Gasteiger partial charge in [-0.15, -0.1) is 24.8 Å². The van der Waals surface area contributed by atoms with E-state index in [-0.39, 0.29) is 24.8 Å². The molecule has 0 aliphatic carbocycles. The fourth-order valence-corrected chi connectivity index (χ4v) is 2.48. The smallest absolute Gasteiger partial charge is 0.151 e. The third kappa shape index (κ3) is 2.50. The number of rotatable bonds is 0. The van der Waals surface area contributed by atoms with E-state index in [0.29, 0.717) is 5.82 Å². The van der Waals surface area contributed by atoms with Crippen LogP contribution in [-0.2, 0) is 13.1 Å². The molecule has 0 fully saturated rings. The number of aromatic nitrogens is 3. The van der Waals surface area contributed by atoms with E-state index >= 15 is 0 Å². The number of fused-ring (bicyclic) bond motifs is 3. The lowest BCUT2D eigenvalue weighted by Crippen LogP contribution is -2.12. The highest BCUT2D eigenvalue weighted by molar-refractivity contribution is 5.88. The summed E-state index contributed by atoms with van der Waals surface area (Å²) in [6, 6.07) is 0. The Morgan fingerprint density at radius 1 is 1.21 bits per heavy atom. The average Bonchev–Trinajstić information content (AvgIpc) is 2.51. The zero-order chi connectivity index (χ0) is 12.0. The Balaban J connectivity index is 0.000000902. The van der Waals surface area contributed by atoms with E-state index in [0.717, 1.165) is 48.6 Å². The molecule has 2 aromatic heterocycles. The molecule has 7 heteroatoms. The largest absolute Gasteiger partial charge is 0.382 e. The van der Waals surface area contributed by atoms with Gasteiger partial charge in [-0.05, 0) is 32.4 Å². The number of aryl methyl sites for hydroxylation is 3. The Bertz CT molecular complexity index is 594. The van der Waals surface area contributed by atoms with Crippen LogP contribution in [0.25, 0.3) is 11.0 Å². The first-order valence-electron chi connectivity index (χ1n) is 6.01. The summed E-state index contributed by atoms with van der Waals surface area (Å²) in [5.41, 5.74) is 10.2. The van der Waals surface area contributed by atoms with Gasteiger partial charge in [0, 0.05) is 12.2 Å². The van der Waals surface area contributed by atoms with Crippen molar-refractivity contribution in [3.05, 3.63) is 17.1 Å². The number of halogens is 2. The van der Waals surface area contributed by atoms with E-state index < -0.39 is 0 Å². The molecule has 5 nitrogen and oxygen atoms in total. The van der Waals surface area contributed by atoms with E-state index in [1.54, 1.807) is 0 Å². The predicted octanol–water partition coefficient (Wildman–Crippen LogP) is 1.97. The number of nitrogens with zero attached hydrogens (tertiary/aromatic N) is 3. The molecule has 3 heterocycles. The number of hydrogen-bond donors (Lipinski definition) is 2. The van der Waals surface area contributed by atoms with Gasteiger partial charge in [-0.3, -0.25) is 0 Å². The SMILES string of the molecule is Cc1nc(N)c2nc3n(c2c1C)CCCNC3.Cl.Cl. The molecule has 0 amide bonds. The Kier molecular flexibility index (Phi) is 5.01. The van der Waals surface area contributed by atoms with Crippen LogP contribution < -0.4 is 11.1 Å². The number of pyridine rings is 1. The Morgan fingerprint density at radius 3 is 2.68 bits per heavy atom. The normalized spacial score (nSPS) is 14.2. The van der Waals surface area contributed by atoms with Crippen LogP contribution in [0.2, 0.25) is 0 Å². The molecule has 0 aromatic carbocycles. The van der Waals surface area contributed by atoms with Crippen LogP contribution in [0.5, 0.6) is 0 Å². The molecule has 1 aliphatic heterocycles. The second-order valence-corrected chi connectivity index (χ2v) is 4.61. The van der Waals surface area contributed by atoms with Gasteiger partial charge >= 0.3 is 0 Å². The van der Waals surface area contributed by atoms with E-state index in [1.807, 2.05) is 6.92 Å². The minimum absolute atomic E-state index is 0. The summed E-state index contributed by atoms with van der Waals surface area (Å²) >= 11 is 0. The number of nitrogens with one attached hydrogen (secondary N) is 1. The van der Waals surface area contributed by atoms with Crippen molar-refractivity contribution in [2.75, 3.05) is 12.3 Å². The van der Waals surface area contributed by atoms with Crippen LogP contribution in [0, 0.1) is 13.8 Å². The van der Waals surface area contributed by atoms with Gasteiger partial charge in [0.15, 0.2) is 5.82 Å². The second kappa shape index (κ2) is 5.94. The van der Waals surface area contributed by atoms with Crippen molar-refractivity contribution < 1.29 is 0 Å². The number of nitrogen functional groups attached to an aromatic ring is 1. The van der Waals surface area contributed by atoms with Gasteiger partial charge in [0.25, 0.3) is 0 Å². The predicted molar refractivity (Wildman–Crippen MR) is 82.2 cm³/mol. The lowest BCUT2D eigenvalue weighted by molar-refractivity contribution is 0.653. The molecule has 0 unspecified atom stereocenters. The van der Waals surface area contributed by atoms with Gasteiger partial charge < -0.3 is 15.6 Å². The molecule has 0 radical (unpaired) electrons. The first kappa shape index (κ1) is 16.0. The van der Waals surface area contributed by atoms with E-state index in [4.69, 9.17) is 5.73 Å². The summed E-state index contributed by atoms with van der Waals surface area (Å²) in [5, 5.41) is 3.37. The molecular weight excluding hydrogens is 285 g/mol. The highest BCUT2D eigenvalue weighted by atomic mass is 35.5. The van der Waals surface area contributed by atoms with Crippen molar-refractivity contribution in [1.82, 2.24) is 19.9 Å². The molecule has 1 aliphatic rings. The summed E-state index contributed by atoms with van der Waals surface area (Å²) in [4.78, 5) is 8.98. The Hall–Kier alpha value is -1.04. The second-order valence-electron chi connectivity index (χ2n) is 4.61. The lowest BCUT2D eigenvalue weighted by atomic mass is 10.2. The van der Waals surface area contributed by atoms with Crippen molar-refractivity contribution in [1.29, 1.82) is 0 Å². The van der Waals surface area contributed by atoms with Crippen LogP contribution in [0.15, 0.2) is 0 Å². The van der Waals surface area contributed by atoms with Crippen molar-refractivity contribution in [3.8, 4) is 0 Å². The van der Waals surface area contributed by atoms with Gasteiger partial charge in [-0.25, -0.2) is 9.97 Å². The van der Waals surface area contributed by atoms with Crippen LogP contribution in [0.4, 0.5) is 5.82 Å². The molecule has 0 spiro atoms. The summed E-state index contributed by atoms with van der Waals surface area (Å²) in [6.07, 6.45) is 1.12. The number of hydrogen-bond acceptors (Lipinski definition) is 4. The van der Waals surface area contributed by atoms with Gasteiger partial charge in [0.1, 0.15) is 11.3 Å². The molecule has 0 saturated heterocycles. The minimum atomic E-state index is 0. The summed E-state index contributed by atoms with van der Waals surface area (Å²) in [6.45, 7) is 6.95. The van der Waals surface area contributed by atoms with Gasteiger partial charge in [-0.1, -0.05) is 0 Å². The third-order valence-corrected chi connectivity index (χ3v) is 3.49. The van der Waals surface area contributed by atoms with Gasteiger partial charge in [-0.2, -0.15) is 0 Å². The first-order chi connectivity index (χ1) is 8.18. The third-order valence-electron chi connectivity index (χ3n) is 3.49. The molecule has 106 valence electrons. The van der Waals surface area contributed by atoms with E-state index in [9.17, 15) is 0 Å². The maximum Gasteiger partial charge on any atom is 0.151 e. The fraction of sp³-hybridized carbons (Fsp3) is 0.500. The molecule has 0 saturated carbocycles. The Labute approximate surface area is 124 Å². The summed E-state index contributed by atoms with van der Waals surface area (Å²) < 4.78 is 2.29. The summed E-state index contributed by atoms with van der Waals surface area (Å²) in [5.74, 6) is 1.61. The topological polar surface area (TPSA) is 68.8 Å². The minimum Gasteiger partial charge on any atom is -0.382 e.